The third-order valence-corrected chi connectivity index (χ3v) is 4.34. The van der Waals surface area contributed by atoms with Gasteiger partial charge in [0, 0.05) is 12.1 Å². The lowest BCUT2D eigenvalue weighted by molar-refractivity contribution is -0.112. The smallest absolute Gasteiger partial charge is 0.184 e. The maximum absolute atomic E-state index is 12.5. The van der Waals surface area contributed by atoms with Crippen LogP contribution in [0.2, 0.25) is 0 Å². The number of ether oxygens (including phenoxy) is 1. The number of aromatic nitrogens is 3. The molecule has 1 aromatic heterocycles. The normalized spacial score (nSPS) is 25.9. The van der Waals surface area contributed by atoms with Crippen molar-refractivity contribution in [3.8, 4) is 0 Å². The third-order valence-electron chi connectivity index (χ3n) is 4.34. The summed E-state index contributed by atoms with van der Waals surface area (Å²) >= 11 is 0. The number of allylic oxidation sites excluding steroid dienone is 2. The number of aryl methyl sites for hydroxylation is 1. The molecule has 0 radical (unpaired) electrons. The van der Waals surface area contributed by atoms with Crippen molar-refractivity contribution in [3.63, 3.8) is 0 Å². The summed E-state index contributed by atoms with van der Waals surface area (Å²) < 4.78 is 7.62. The molecule has 106 valence electrons. The first-order valence-corrected chi connectivity index (χ1v) is 6.99. The number of epoxide rings is 1. The lowest BCUT2D eigenvalue weighted by Crippen LogP contribution is -2.09. The molecule has 3 rings (SSSR count). The number of Topliss-reactive ketones (excluding diaryl/α,β-unsaturated/α-hetero) is 1. The minimum absolute atomic E-state index is 0.126. The molecule has 2 aliphatic rings. The average Bonchev–Trinajstić information content (AvgIpc) is 3.09. The summed E-state index contributed by atoms with van der Waals surface area (Å²) in [6, 6.07) is 0. The van der Waals surface area contributed by atoms with E-state index < -0.39 is 0 Å². The van der Waals surface area contributed by atoms with Crippen molar-refractivity contribution in [2.24, 2.45) is 0 Å². The summed E-state index contributed by atoms with van der Waals surface area (Å²) in [6.45, 7) is 6.77. The number of carbonyl (C=O) groups excluding carboxylic acids is 1. The second kappa shape index (κ2) is 4.98. The van der Waals surface area contributed by atoms with Gasteiger partial charge in [-0.1, -0.05) is 0 Å². The Hall–Kier alpha value is -1.75. The van der Waals surface area contributed by atoms with Crippen LogP contribution in [0.1, 0.15) is 33.6 Å². The topological polar surface area (TPSA) is 60.3 Å². The van der Waals surface area contributed by atoms with Crippen LogP contribution in [0, 0.1) is 0 Å². The number of hydrogen-bond donors (Lipinski definition) is 0. The first-order valence-electron chi connectivity index (χ1n) is 6.99. The lowest BCUT2D eigenvalue weighted by Gasteiger charge is -2.10. The van der Waals surface area contributed by atoms with E-state index in [0.29, 0.717) is 0 Å². The van der Waals surface area contributed by atoms with Gasteiger partial charge in [-0.3, -0.25) is 4.79 Å². The molecule has 1 saturated heterocycles. The number of carbonyl (C=O) groups is 1. The third kappa shape index (κ3) is 2.22. The number of rotatable bonds is 4. The van der Waals surface area contributed by atoms with Crippen molar-refractivity contribution in [1.29, 1.82) is 0 Å². The number of fused-ring (bicyclic) bond motifs is 1. The van der Waals surface area contributed by atoms with Crippen LogP contribution in [-0.2, 0) is 16.1 Å². The van der Waals surface area contributed by atoms with E-state index in [1.165, 1.54) is 0 Å². The van der Waals surface area contributed by atoms with Gasteiger partial charge in [-0.05, 0) is 50.3 Å². The molecule has 0 N–H and O–H groups in total. The van der Waals surface area contributed by atoms with Crippen molar-refractivity contribution < 1.29 is 9.53 Å². The Kier molecular flexibility index (Phi) is 3.30. The molecular weight excluding hydrogens is 254 g/mol. The summed E-state index contributed by atoms with van der Waals surface area (Å²) in [5.41, 5.74) is 3.99. The molecule has 2 unspecified atom stereocenters. The Bertz CT molecular complexity index is 599. The molecule has 5 heteroatoms. The molecule has 1 aromatic rings. The summed E-state index contributed by atoms with van der Waals surface area (Å²) in [5.74, 6) is 0.194. The summed E-state index contributed by atoms with van der Waals surface area (Å²) in [5, 5.41) is 7.56. The Morgan fingerprint density at radius 2 is 1.80 bits per heavy atom. The van der Waals surface area contributed by atoms with E-state index in [1.54, 1.807) is 12.7 Å². The Morgan fingerprint density at radius 3 is 2.50 bits per heavy atom. The van der Waals surface area contributed by atoms with Crippen LogP contribution in [0.15, 0.2) is 34.9 Å². The van der Waals surface area contributed by atoms with E-state index in [1.807, 2.05) is 25.3 Å². The van der Waals surface area contributed by atoms with Crippen LogP contribution < -0.4 is 0 Å². The molecule has 1 aliphatic carbocycles. The van der Waals surface area contributed by atoms with E-state index >= 15 is 0 Å². The Morgan fingerprint density at radius 1 is 1.15 bits per heavy atom. The van der Waals surface area contributed by atoms with E-state index in [0.717, 1.165) is 41.7 Å². The second-order valence-corrected chi connectivity index (χ2v) is 5.58. The van der Waals surface area contributed by atoms with E-state index in [9.17, 15) is 4.79 Å². The van der Waals surface area contributed by atoms with E-state index in [4.69, 9.17) is 4.74 Å². The van der Waals surface area contributed by atoms with Gasteiger partial charge in [0.25, 0.3) is 0 Å². The first-order chi connectivity index (χ1) is 9.59. The van der Waals surface area contributed by atoms with Crippen LogP contribution in [0.5, 0.6) is 0 Å². The van der Waals surface area contributed by atoms with Crippen molar-refractivity contribution >= 4 is 5.78 Å². The van der Waals surface area contributed by atoms with Crippen LogP contribution in [0.3, 0.4) is 0 Å². The fourth-order valence-electron chi connectivity index (χ4n) is 2.83. The van der Waals surface area contributed by atoms with Gasteiger partial charge in [0.05, 0.1) is 0 Å². The largest absolute Gasteiger partial charge is 0.360 e. The van der Waals surface area contributed by atoms with Crippen LogP contribution >= 0.6 is 0 Å². The first kappa shape index (κ1) is 13.2. The number of nitrogens with zero attached hydrogens (tertiary/aromatic N) is 3. The lowest BCUT2D eigenvalue weighted by atomic mass is 9.96. The highest BCUT2D eigenvalue weighted by atomic mass is 16.6. The summed E-state index contributed by atoms with van der Waals surface area (Å²) in [7, 11) is 0. The molecule has 0 spiro atoms. The quantitative estimate of drug-likeness (QED) is 0.788. The van der Waals surface area contributed by atoms with Crippen LogP contribution in [0.25, 0.3) is 0 Å². The molecule has 5 nitrogen and oxygen atoms in total. The fraction of sp³-hybridized carbons (Fsp3) is 0.533. The number of hydrogen-bond acceptors (Lipinski definition) is 4. The highest BCUT2D eigenvalue weighted by Gasteiger charge is 2.46. The minimum atomic E-state index is 0.126. The zero-order valence-corrected chi connectivity index (χ0v) is 12.1. The van der Waals surface area contributed by atoms with Crippen molar-refractivity contribution in [2.45, 2.75) is 52.4 Å². The van der Waals surface area contributed by atoms with E-state index in [-0.39, 0.29) is 18.0 Å². The van der Waals surface area contributed by atoms with Gasteiger partial charge >= 0.3 is 0 Å². The van der Waals surface area contributed by atoms with Gasteiger partial charge in [0.15, 0.2) is 5.78 Å². The SMILES string of the molecule is CC1=C(C)C2OC2C(C)=C(CCCn2cnnc2)C1=O. The van der Waals surface area contributed by atoms with Gasteiger partial charge in [0.2, 0.25) is 0 Å². The summed E-state index contributed by atoms with van der Waals surface area (Å²) in [6.07, 6.45) is 5.34. The highest BCUT2D eigenvalue weighted by molar-refractivity contribution is 6.09. The maximum Gasteiger partial charge on any atom is 0.184 e. The van der Waals surface area contributed by atoms with Crippen LogP contribution in [0.4, 0.5) is 0 Å². The molecule has 20 heavy (non-hydrogen) atoms. The average molecular weight is 273 g/mol. The van der Waals surface area contributed by atoms with Gasteiger partial charge in [-0.2, -0.15) is 0 Å². The zero-order valence-electron chi connectivity index (χ0n) is 12.1. The van der Waals surface area contributed by atoms with Crippen molar-refractivity contribution in [1.82, 2.24) is 14.8 Å². The minimum Gasteiger partial charge on any atom is -0.360 e. The molecule has 1 aliphatic heterocycles. The van der Waals surface area contributed by atoms with Crippen molar-refractivity contribution in [2.75, 3.05) is 0 Å². The van der Waals surface area contributed by atoms with Gasteiger partial charge < -0.3 is 9.30 Å². The number of ketones is 1. The molecule has 2 atom stereocenters. The fourth-order valence-corrected chi connectivity index (χ4v) is 2.83. The van der Waals surface area contributed by atoms with E-state index in [2.05, 4.69) is 10.2 Å². The molecular formula is C15H19N3O2. The highest BCUT2D eigenvalue weighted by Crippen LogP contribution is 2.41. The molecule has 2 heterocycles. The predicted molar refractivity (Wildman–Crippen MR) is 74.0 cm³/mol. The molecule has 0 aromatic carbocycles. The second-order valence-electron chi connectivity index (χ2n) is 5.58. The maximum atomic E-state index is 12.5. The van der Waals surface area contributed by atoms with Crippen LogP contribution in [-0.4, -0.2) is 32.8 Å². The molecule has 1 fully saturated rings. The monoisotopic (exact) mass is 273 g/mol. The molecule has 0 saturated carbocycles. The Labute approximate surface area is 118 Å². The molecule has 0 amide bonds. The predicted octanol–water partition coefficient (Wildman–Crippen LogP) is 2.06. The van der Waals surface area contributed by atoms with Gasteiger partial charge in [-0.15, -0.1) is 10.2 Å². The Balaban J connectivity index is 1.73. The molecule has 0 bridgehead atoms. The standard InChI is InChI=1S/C15H19N3O2/c1-9-10(2)14-15(20-14)11(3)12(13(9)19)5-4-6-18-7-16-17-8-18/h7-8,14-15H,4-6H2,1-3H3. The summed E-state index contributed by atoms with van der Waals surface area (Å²) in [4.78, 5) is 12.5. The van der Waals surface area contributed by atoms with Gasteiger partial charge in [-0.25, -0.2) is 0 Å². The zero-order chi connectivity index (χ0) is 14.3. The van der Waals surface area contributed by atoms with Gasteiger partial charge in [0.1, 0.15) is 24.9 Å². The van der Waals surface area contributed by atoms with Crippen molar-refractivity contribution in [3.05, 3.63) is 34.9 Å².